The van der Waals surface area contributed by atoms with Crippen molar-refractivity contribution in [3.8, 4) is 5.75 Å². The molecular weight excluding hydrogens is 215 g/mol. The van der Waals surface area contributed by atoms with Crippen molar-refractivity contribution in [1.82, 2.24) is 0 Å². The molecule has 90 valence electrons. The molecule has 0 bridgehead atoms. The largest absolute Gasteiger partial charge is 0.505 e. The van der Waals surface area contributed by atoms with Gasteiger partial charge in [0, 0.05) is 5.39 Å². The second kappa shape index (κ2) is 4.36. The lowest BCUT2D eigenvalue weighted by Crippen LogP contribution is -1.96. The topological polar surface area (TPSA) is 20.2 Å². The Balaban J connectivity index is 2.94. The molecule has 2 heteroatoms. The van der Waals surface area contributed by atoms with E-state index in [0.717, 1.165) is 22.9 Å². The van der Waals surface area contributed by atoms with E-state index in [1.807, 2.05) is 12.1 Å². The molecule has 0 amide bonds. The number of phenols is 1. The summed E-state index contributed by atoms with van der Waals surface area (Å²) in [4.78, 5) is 0. The second-order valence-electron chi connectivity index (χ2n) is 4.65. The van der Waals surface area contributed by atoms with E-state index >= 15 is 0 Å². The van der Waals surface area contributed by atoms with Crippen LogP contribution in [0.4, 0.5) is 4.39 Å². The van der Waals surface area contributed by atoms with Gasteiger partial charge in [0.25, 0.3) is 0 Å². The Bertz CT molecular complexity index is 558. The molecule has 0 unspecified atom stereocenters. The number of aromatic hydroxyl groups is 1. The van der Waals surface area contributed by atoms with Gasteiger partial charge in [0.05, 0.1) is 0 Å². The van der Waals surface area contributed by atoms with Crippen LogP contribution >= 0.6 is 0 Å². The van der Waals surface area contributed by atoms with Crippen LogP contribution in [0.5, 0.6) is 5.75 Å². The fourth-order valence-electron chi connectivity index (χ4n) is 2.29. The van der Waals surface area contributed by atoms with Gasteiger partial charge in [-0.1, -0.05) is 39.0 Å². The fraction of sp³-hybridized carbons (Fsp3) is 0.333. The first-order valence-electron chi connectivity index (χ1n) is 5.99. The molecule has 0 heterocycles. The number of rotatable bonds is 2. The smallest absolute Gasteiger partial charge is 0.172 e. The minimum atomic E-state index is -0.514. The highest BCUT2D eigenvalue weighted by Crippen LogP contribution is 2.35. The van der Waals surface area contributed by atoms with Crippen LogP contribution in [0.3, 0.4) is 0 Å². The molecule has 1 N–H and O–H groups in total. The van der Waals surface area contributed by atoms with Crippen molar-refractivity contribution < 1.29 is 9.50 Å². The van der Waals surface area contributed by atoms with Crippen LogP contribution in [0.15, 0.2) is 24.3 Å². The molecule has 0 fully saturated rings. The number of fused-ring (bicyclic) bond motifs is 1. The van der Waals surface area contributed by atoms with Gasteiger partial charge in [-0.05, 0) is 34.9 Å². The third kappa shape index (κ3) is 1.88. The number of hydrogen-bond donors (Lipinski definition) is 1. The average molecular weight is 232 g/mol. The van der Waals surface area contributed by atoms with Crippen molar-refractivity contribution in [2.24, 2.45) is 0 Å². The van der Waals surface area contributed by atoms with Crippen LogP contribution in [-0.4, -0.2) is 5.11 Å². The van der Waals surface area contributed by atoms with E-state index in [1.165, 1.54) is 0 Å². The molecule has 0 radical (unpaired) electrons. The third-order valence-corrected chi connectivity index (χ3v) is 3.20. The Hall–Kier alpha value is -1.57. The SMILES string of the molecule is CCc1cccc2c(F)c(O)cc(C(C)C)c12. The molecule has 0 aliphatic carbocycles. The molecule has 0 saturated carbocycles. The molecule has 0 aliphatic rings. The van der Waals surface area contributed by atoms with Gasteiger partial charge in [-0.15, -0.1) is 0 Å². The Labute approximate surface area is 101 Å². The zero-order valence-electron chi connectivity index (χ0n) is 10.4. The summed E-state index contributed by atoms with van der Waals surface area (Å²) in [6.07, 6.45) is 0.862. The highest BCUT2D eigenvalue weighted by atomic mass is 19.1. The van der Waals surface area contributed by atoms with E-state index in [2.05, 4.69) is 20.8 Å². The molecule has 0 aromatic heterocycles. The maximum atomic E-state index is 13.9. The van der Waals surface area contributed by atoms with Gasteiger partial charge in [-0.25, -0.2) is 4.39 Å². The molecule has 17 heavy (non-hydrogen) atoms. The first kappa shape index (κ1) is 11.9. The summed E-state index contributed by atoms with van der Waals surface area (Å²) in [6.45, 7) is 6.17. The molecular formula is C15H17FO. The Morgan fingerprint density at radius 3 is 2.59 bits per heavy atom. The summed E-state index contributed by atoms with van der Waals surface area (Å²) >= 11 is 0. The number of halogens is 1. The summed E-state index contributed by atoms with van der Waals surface area (Å²) in [5, 5.41) is 11.1. The van der Waals surface area contributed by atoms with E-state index in [4.69, 9.17) is 0 Å². The molecule has 2 aromatic carbocycles. The maximum Gasteiger partial charge on any atom is 0.172 e. The number of aryl methyl sites for hydroxylation is 1. The van der Waals surface area contributed by atoms with E-state index in [-0.39, 0.29) is 11.7 Å². The summed E-state index contributed by atoms with van der Waals surface area (Å²) in [5.41, 5.74) is 2.14. The normalized spacial score (nSPS) is 11.4. The Morgan fingerprint density at radius 1 is 1.29 bits per heavy atom. The van der Waals surface area contributed by atoms with Crippen molar-refractivity contribution in [2.45, 2.75) is 33.1 Å². The average Bonchev–Trinajstić information content (AvgIpc) is 2.32. The summed E-state index contributed by atoms with van der Waals surface area (Å²) in [5.74, 6) is -0.508. The minimum Gasteiger partial charge on any atom is -0.505 e. The molecule has 0 saturated heterocycles. The van der Waals surface area contributed by atoms with Crippen LogP contribution in [-0.2, 0) is 6.42 Å². The van der Waals surface area contributed by atoms with Gasteiger partial charge in [0.2, 0.25) is 0 Å². The standard InChI is InChI=1S/C15H17FO/c1-4-10-6-5-7-11-14(10)12(9(2)3)8-13(17)15(11)16/h5-9,17H,4H2,1-3H3. The van der Waals surface area contributed by atoms with Gasteiger partial charge >= 0.3 is 0 Å². The van der Waals surface area contributed by atoms with Gasteiger partial charge in [0.1, 0.15) is 0 Å². The second-order valence-corrected chi connectivity index (χ2v) is 4.65. The van der Waals surface area contributed by atoms with Crippen molar-refractivity contribution in [3.05, 3.63) is 41.2 Å². The van der Waals surface area contributed by atoms with Crippen LogP contribution in [0.25, 0.3) is 10.8 Å². The lowest BCUT2D eigenvalue weighted by atomic mass is 9.91. The van der Waals surface area contributed by atoms with Crippen molar-refractivity contribution >= 4 is 10.8 Å². The minimum absolute atomic E-state index is 0.255. The highest BCUT2D eigenvalue weighted by molar-refractivity contribution is 5.91. The van der Waals surface area contributed by atoms with Crippen molar-refractivity contribution in [1.29, 1.82) is 0 Å². The fourth-order valence-corrected chi connectivity index (χ4v) is 2.29. The maximum absolute atomic E-state index is 13.9. The lowest BCUT2D eigenvalue weighted by Gasteiger charge is -2.15. The van der Waals surface area contributed by atoms with E-state index in [0.29, 0.717) is 5.39 Å². The van der Waals surface area contributed by atoms with Crippen molar-refractivity contribution in [3.63, 3.8) is 0 Å². The van der Waals surface area contributed by atoms with Crippen LogP contribution in [0.1, 0.15) is 37.8 Å². The predicted molar refractivity (Wildman–Crippen MR) is 69.0 cm³/mol. The van der Waals surface area contributed by atoms with Gasteiger partial charge in [-0.3, -0.25) is 0 Å². The number of phenolic OH excluding ortho intramolecular Hbond substituents is 1. The predicted octanol–water partition coefficient (Wildman–Crippen LogP) is 4.37. The molecule has 0 atom stereocenters. The molecule has 2 aromatic rings. The molecule has 2 rings (SSSR count). The summed E-state index contributed by atoms with van der Waals surface area (Å²) in [6, 6.07) is 7.15. The van der Waals surface area contributed by atoms with Crippen molar-refractivity contribution in [2.75, 3.05) is 0 Å². The summed E-state index contributed by atoms with van der Waals surface area (Å²) < 4.78 is 13.9. The molecule has 0 aliphatic heterocycles. The Morgan fingerprint density at radius 2 is 2.00 bits per heavy atom. The first-order valence-corrected chi connectivity index (χ1v) is 5.99. The van der Waals surface area contributed by atoms with Crippen LogP contribution in [0, 0.1) is 5.82 Å². The van der Waals surface area contributed by atoms with Crippen LogP contribution in [0.2, 0.25) is 0 Å². The van der Waals surface area contributed by atoms with E-state index in [1.54, 1.807) is 12.1 Å². The van der Waals surface area contributed by atoms with E-state index < -0.39 is 5.82 Å². The lowest BCUT2D eigenvalue weighted by molar-refractivity contribution is 0.435. The van der Waals surface area contributed by atoms with Gasteiger partial charge in [0.15, 0.2) is 11.6 Å². The van der Waals surface area contributed by atoms with Crippen LogP contribution < -0.4 is 0 Å². The highest BCUT2D eigenvalue weighted by Gasteiger charge is 2.15. The quantitative estimate of drug-likeness (QED) is 0.815. The Kier molecular flexibility index (Phi) is 3.05. The van der Waals surface area contributed by atoms with E-state index in [9.17, 15) is 9.50 Å². The monoisotopic (exact) mass is 232 g/mol. The number of hydrogen-bond acceptors (Lipinski definition) is 1. The van der Waals surface area contributed by atoms with Gasteiger partial charge in [-0.2, -0.15) is 0 Å². The summed E-state index contributed by atoms with van der Waals surface area (Å²) in [7, 11) is 0. The zero-order chi connectivity index (χ0) is 12.6. The first-order chi connectivity index (χ1) is 8.06. The zero-order valence-corrected chi connectivity index (χ0v) is 10.4. The molecule has 0 spiro atoms. The third-order valence-electron chi connectivity index (χ3n) is 3.20. The molecule has 1 nitrogen and oxygen atoms in total. The number of benzene rings is 2. The van der Waals surface area contributed by atoms with Gasteiger partial charge < -0.3 is 5.11 Å².